The van der Waals surface area contributed by atoms with Crippen LogP contribution in [0.2, 0.25) is 0 Å². The Labute approximate surface area is 121 Å². The highest BCUT2D eigenvalue weighted by Crippen LogP contribution is 2.22. The number of carbonyl (C=O) groups is 1. The number of aryl methyl sites for hydroxylation is 1. The first kappa shape index (κ1) is 15.2. The third kappa shape index (κ3) is 3.26. The molecule has 0 radical (unpaired) electrons. The summed E-state index contributed by atoms with van der Waals surface area (Å²) in [5.74, 6) is -1.95. The van der Waals surface area contributed by atoms with E-state index in [4.69, 9.17) is 0 Å². The maximum atomic E-state index is 13.6. The molecule has 1 aromatic heterocycles. The first-order chi connectivity index (χ1) is 9.68. The van der Waals surface area contributed by atoms with Crippen LogP contribution in [0, 0.1) is 18.6 Å². The molecule has 0 atom stereocenters. The molecule has 1 amide bonds. The SMILES string of the molecule is Cc1cc(C(=O)Nc2cc(C(C)(C)C)[nH]n2)c(F)cc1F. The molecule has 2 N–H and O–H groups in total. The lowest BCUT2D eigenvalue weighted by Crippen LogP contribution is -2.15. The minimum absolute atomic E-state index is 0.145. The summed E-state index contributed by atoms with van der Waals surface area (Å²) in [6.07, 6.45) is 0. The minimum atomic E-state index is -0.901. The van der Waals surface area contributed by atoms with Crippen molar-refractivity contribution in [2.75, 3.05) is 5.32 Å². The van der Waals surface area contributed by atoms with Gasteiger partial charge in [-0.3, -0.25) is 9.89 Å². The highest BCUT2D eigenvalue weighted by Gasteiger charge is 2.19. The lowest BCUT2D eigenvalue weighted by atomic mass is 9.92. The van der Waals surface area contributed by atoms with Crippen LogP contribution >= 0.6 is 0 Å². The number of hydrogen-bond donors (Lipinski definition) is 2. The zero-order valence-electron chi connectivity index (χ0n) is 12.3. The van der Waals surface area contributed by atoms with Crippen molar-refractivity contribution in [1.82, 2.24) is 10.2 Å². The van der Waals surface area contributed by atoms with Gasteiger partial charge in [0.25, 0.3) is 5.91 Å². The molecule has 112 valence electrons. The van der Waals surface area contributed by atoms with Crippen molar-refractivity contribution < 1.29 is 13.6 Å². The van der Waals surface area contributed by atoms with Crippen molar-refractivity contribution in [3.05, 3.63) is 46.7 Å². The van der Waals surface area contributed by atoms with Gasteiger partial charge >= 0.3 is 0 Å². The molecule has 0 bridgehead atoms. The van der Waals surface area contributed by atoms with Crippen LogP contribution < -0.4 is 5.32 Å². The summed E-state index contributed by atoms with van der Waals surface area (Å²) in [7, 11) is 0. The molecule has 0 aliphatic rings. The van der Waals surface area contributed by atoms with Crippen LogP contribution in [0.3, 0.4) is 0 Å². The number of amides is 1. The van der Waals surface area contributed by atoms with E-state index < -0.39 is 17.5 Å². The maximum absolute atomic E-state index is 13.6. The maximum Gasteiger partial charge on any atom is 0.259 e. The van der Waals surface area contributed by atoms with E-state index in [2.05, 4.69) is 15.5 Å². The highest BCUT2D eigenvalue weighted by atomic mass is 19.1. The molecule has 0 saturated carbocycles. The number of rotatable bonds is 2. The second-order valence-electron chi connectivity index (χ2n) is 5.95. The summed E-state index contributed by atoms with van der Waals surface area (Å²) in [6, 6.07) is 3.57. The zero-order chi connectivity index (χ0) is 15.8. The summed E-state index contributed by atoms with van der Waals surface area (Å²) < 4.78 is 26.8. The van der Waals surface area contributed by atoms with Gasteiger partial charge in [-0.05, 0) is 18.6 Å². The van der Waals surface area contributed by atoms with Gasteiger partial charge in [0, 0.05) is 23.2 Å². The number of aromatic amines is 1. The average molecular weight is 293 g/mol. The number of benzene rings is 1. The van der Waals surface area contributed by atoms with Crippen LogP contribution in [0.25, 0.3) is 0 Å². The number of H-pyrrole nitrogens is 1. The van der Waals surface area contributed by atoms with Gasteiger partial charge in [0.2, 0.25) is 0 Å². The molecule has 6 heteroatoms. The Balaban J connectivity index is 2.22. The predicted octanol–water partition coefficient (Wildman–Crippen LogP) is 3.55. The van der Waals surface area contributed by atoms with E-state index >= 15 is 0 Å². The second kappa shape index (κ2) is 5.27. The third-order valence-electron chi connectivity index (χ3n) is 3.12. The molecule has 4 nitrogen and oxygen atoms in total. The molecule has 0 saturated heterocycles. The van der Waals surface area contributed by atoms with Gasteiger partial charge in [-0.1, -0.05) is 20.8 Å². The normalized spacial score (nSPS) is 11.5. The van der Waals surface area contributed by atoms with Crippen LogP contribution in [0.1, 0.15) is 42.4 Å². The molecule has 21 heavy (non-hydrogen) atoms. The highest BCUT2D eigenvalue weighted by molar-refractivity contribution is 6.04. The smallest absolute Gasteiger partial charge is 0.259 e. The number of halogens is 2. The van der Waals surface area contributed by atoms with Gasteiger partial charge < -0.3 is 5.32 Å². The fourth-order valence-electron chi connectivity index (χ4n) is 1.78. The van der Waals surface area contributed by atoms with E-state index in [0.29, 0.717) is 11.9 Å². The Morgan fingerprint density at radius 2 is 1.86 bits per heavy atom. The van der Waals surface area contributed by atoms with Crippen LogP contribution in [0.15, 0.2) is 18.2 Å². The van der Waals surface area contributed by atoms with Gasteiger partial charge in [-0.15, -0.1) is 0 Å². The van der Waals surface area contributed by atoms with Gasteiger partial charge in [0.05, 0.1) is 5.56 Å². The van der Waals surface area contributed by atoms with Crippen molar-refractivity contribution >= 4 is 11.7 Å². The number of hydrogen-bond acceptors (Lipinski definition) is 2. The fourth-order valence-corrected chi connectivity index (χ4v) is 1.78. The molecule has 1 aromatic carbocycles. The van der Waals surface area contributed by atoms with E-state index in [1.54, 1.807) is 6.07 Å². The van der Waals surface area contributed by atoms with Crippen molar-refractivity contribution in [2.45, 2.75) is 33.1 Å². The van der Waals surface area contributed by atoms with Crippen molar-refractivity contribution in [3.63, 3.8) is 0 Å². The van der Waals surface area contributed by atoms with Gasteiger partial charge in [-0.25, -0.2) is 8.78 Å². The molecule has 2 rings (SSSR count). The Morgan fingerprint density at radius 1 is 1.19 bits per heavy atom. The van der Waals surface area contributed by atoms with Crippen LogP contribution in [-0.4, -0.2) is 16.1 Å². The van der Waals surface area contributed by atoms with Crippen LogP contribution in [-0.2, 0) is 5.41 Å². The van der Waals surface area contributed by atoms with Crippen molar-refractivity contribution in [1.29, 1.82) is 0 Å². The number of nitrogens with zero attached hydrogens (tertiary/aromatic N) is 1. The molecule has 0 aliphatic heterocycles. The minimum Gasteiger partial charge on any atom is -0.305 e. The van der Waals surface area contributed by atoms with E-state index in [9.17, 15) is 13.6 Å². The molecule has 0 unspecified atom stereocenters. The standard InChI is InChI=1S/C15H17F2N3O/c1-8-5-9(11(17)6-10(8)16)14(21)18-13-7-12(19-20-13)15(2,3)4/h5-7H,1-4H3,(H2,18,19,20,21). The first-order valence-corrected chi connectivity index (χ1v) is 6.51. The summed E-state index contributed by atoms with van der Waals surface area (Å²) >= 11 is 0. The molecular weight excluding hydrogens is 276 g/mol. The molecule has 0 spiro atoms. The fraction of sp³-hybridized carbons (Fsp3) is 0.333. The van der Waals surface area contributed by atoms with E-state index in [1.165, 1.54) is 13.0 Å². The van der Waals surface area contributed by atoms with E-state index in [-0.39, 0.29) is 16.5 Å². The molecular formula is C15H17F2N3O. The van der Waals surface area contributed by atoms with Gasteiger partial charge in [0.15, 0.2) is 5.82 Å². The van der Waals surface area contributed by atoms with Gasteiger partial charge in [0.1, 0.15) is 11.6 Å². The van der Waals surface area contributed by atoms with E-state index in [1.807, 2.05) is 20.8 Å². The van der Waals surface area contributed by atoms with Crippen LogP contribution in [0.4, 0.5) is 14.6 Å². The van der Waals surface area contributed by atoms with Gasteiger partial charge in [-0.2, -0.15) is 5.10 Å². The lowest BCUT2D eigenvalue weighted by Gasteiger charge is -2.14. The van der Waals surface area contributed by atoms with Crippen molar-refractivity contribution in [3.8, 4) is 0 Å². The molecule has 1 heterocycles. The summed E-state index contributed by atoms with van der Waals surface area (Å²) in [5, 5.41) is 9.28. The number of aromatic nitrogens is 2. The Morgan fingerprint density at radius 3 is 2.43 bits per heavy atom. The number of anilines is 1. The Hall–Kier alpha value is -2.24. The molecule has 0 fully saturated rings. The van der Waals surface area contributed by atoms with Crippen molar-refractivity contribution in [2.24, 2.45) is 0 Å². The topological polar surface area (TPSA) is 57.8 Å². The molecule has 0 aliphatic carbocycles. The summed E-state index contributed by atoms with van der Waals surface area (Å²) in [4.78, 5) is 12.0. The first-order valence-electron chi connectivity index (χ1n) is 6.51. The third-order valence-corrected chi connectivity index (χ3v) is 3.12. The quantitative estimate of drug-likeness (QED) is 0.889. The monoisotopic (exact) mass is 293 g/mol. The average Bonchev–Trinajstić information content (AvgIpc) is 2.82. The Bertz CT molecular complexity index is 687. The second-order valence-corrected chi connectivity index (χ2v) is 5.95. The summed E-state index contributed by atoms with van der Waals surface area (Å²) in [6.45, 7) is 7.46. The number of carbonyl (C=O) groups excluding carboxylic acids is 1. The van der Waals surface area contributed by atoms with E-state index in [0.717, 1.165) is 5.69 Å². The summed E-state index contributed by atoms with van der Waals surface area (Å²) in [5.41, 5.74) is 0.690. The molecule has 2 aromatic rings. The largest absolute Gasteiger partial charge is 0.305 e. The lowest BCUT2D eigenvalue weighted by molar-refractivity contribution is 0.102. The Kier molecular flexibility index (Phi) is 3.80. The zero-order valence-corrected chi connectivity index (χ0v) is 12.3. The predicted molar refractivity (Wildman–Crippen MR) is 76.3 cm³/mol. The van der Waals surface area contributed by atoms with Crippen LogP contribution in [0.5, 0.6) is 0 Å². The number of nitrogens with one attached hydrogen (secondary N) is 2.